The molecule has 3 saturated carbocycles. The molecule has 0 spiro atoms. The summed E-state index contributed by atoms with van der Waals surface area (Å²) in [5.74, 6) is -1.77. The normalized spacial score (nSPS) is 24.5. The quantitative estimate of drug-likeness (QED) is 0.0509. The topological polar surface area (TPSA) is 252 Å². The molecule has 10 N–H and O–H groups in total. The largest absolute Gasteiger partial charge is 0.492 e. The molecule has 2 heterocycles. The molecule has 17 nitrogen and oxygen atoms in total. The molecule has 4 aromatic rings. The molecular formula is C56H72BClN8O9. The van der Waals surface area contributed by atoms with E-state index in [9.17, 15) is 24.0 Å². The molecule has 5 aliphatic rings. The molecule has 19 heteroatoms. The van der Waals surface area contributed by atoms with Crippen LogP contribution in [0.25, 0.3) is 22.3 Å². The predicted octanol–water partition coefficient (Wildman–Crippen LogP) is 5.09. The van der Waals surface area contributed by atoms with E-state index < -0.39 is 72.4 Å². The number of likely N-dealkylation sites (N-methyl/N-ethyl adjacent to an activating group) is 1. The monoisotopic (exact) mass is 1050 g/mol. The van der Waals surface area contributed by atoms with Gasteiger partial charge in [-0.3, -0.25) is 24.0 Å². The highest BCUT2D eigenvalue weighted by Crippen LogP contribution is 2.65. The number of nitrogens with two attached hydrogens (primary N) is 3. The van der Waals surface area contributed by atoms with Crippen LogP contribution in [0.2, 0.25) is 5.02 Å². The number of amides is 5. The number of benzene rings is 4. The van der Waals surface area contributed by atoms with E-state index >= 15 is 0 Å². The van der Waals surface area contributed by atoms with Crippen LogP contribution < -0.4 is 47.9 Å². The van der Waals surface area contributed by atoms with E-state index in [2.05, 4.69) is 42.0 Å². The number of carbonyl (C=O) groups excluding carboxylic acids is 5. The van der Waals surface area contributed by atoms with E-state index in [1.54, 1.807) is 48.5 Å². The van der Waals surface area contributed by atoms with Gasteiger partial charge in [0.25, 0.3) is 5.91 Å². The maximum Gasteiger partial charge on any atom is 0.481 e. The third kappa shape index (κ3) is 11.9. The number of nitrogens with one attached hydrogen (secondary N) is 4. The Kier molecular flexibility index (Phi) is 17.3. The highest BCUT2D eigenvalue weighted by atomic mass is 35.5. The summed E-state index contributed by atoms with van der Waals surface area (Å²) in [6, 6.07) is 20.1. The Balaban J connectivity index is 1.11. The minimum Gasteiger partial charge on any atom is -0.492 e. The highest BCUT2D eigenvalue weighted by molar-refractivity contribution is 6.47. The molecule has 5 amide bonds. The number of carbonyl (C=O) groups is 5. The second-order valence-electron chi connectivity index (χ2n) is 21.2. The molecular weight excluding hydrogens is 975 g/mol. The number of hydrogen-bond acceptors (Lipinski definition) is 12. The molecule has 6 bridgehead atoms. The van der Waals surface area contributed by atoms with Crippen LogP contribution in [0, 0.1) is 17.3 Å². The summed E-state index contributed by atoms with van der Waals surface area (Å²) in [7, 11) is 0.769. The molecule has 2 aliphatic heterocycles. The molecule has 9 rings (SSSR count). The summed E-state index contributed by atoms with van der Waals surface area (Å²) in [5, 5.41) is 12.4. The van der Waals surface area contributed by atoms with E-state index in [4.69, 9.17) is 47.6 Å². The first-order valence-electron chi connectivity index (χ1n) is 26.2. The van der Waals surface area contributed by atoms with Crippen LogP contribution in [-0.4, -0.2) is 117 Å². The van der Waals surface area contributed by atoms with E-state index in [1.807, 2.05) is 43.3 Å². The molecule has 75 heavy (non-hydrogen) atoms. The van der Waals surface area contributed by atoms with Crippen molar-refractivity contribution >= 4 is 48.3 Å². The van der Waals surface area contributed by atoms with Crippen molar-refractivity contribution in [2.75, 3.05) is 39.9 Å². The van der Waals surface area contributed by atoms with Crippen molar-refractivity contribution < 1.29 is 42.8 Å². The lowest BCUT2D eigenvalue weighted by atomic mass is 9.43. The predicted molar refractivity (Wildman–Crippen MR) is 288 cm³/mol. The molecule has 4 aromatic carbocycles. The Morgan fingerprint density at radius 2 is 1.47 bits per heavy atom. The first kappa shape index (κ1) is 55.2. The molecule has 3 aliphatic carbocycles. The standard InChI is InChI=1S/C56H72BClN8O9/c1-32-50(67)65-44(52(69)63-33(2)57-74-48-31-39-30-47(55(39,3)4)56(48,5)75-57)28-34-10-20-45(72-25-23-60)41(27-34)42-29-38(17-21-46(42)73-26-24-61)49(53(70)62-32)66(6)54(71)43(9-7-8-22-59)64-51(68)37-13-11-35(12-14-37)36-15-18-40(58)19-16-36/h10-21,27,29,32-33,39,43-44,47-49H,7-9,22-26,28,30-31,59-61H2,1-6H3,(H,62,70)(H,63,69)(H,64,68)(H,65,67). The number of ether oxygens (including phenoxy) is 2. The van der Waals surface area contributed by atoms with Gasteiger partial charge >= 0.3 is 7.12 Å². The van der Waals surface area contributed by atoms with Gasteiger partial charge in [0.15, 0.2) is 0 Å². The molecule has 0 aromatic heterocycles. The molecule has 9 atom stereocenters. The number of rotatable bonds is 18. The van der Waals surface area contributed by atoms with Crippen LogP contribution >= 0.6 is 11.6 Å². The average molecular weight is 1050 g/mol. The number of unbranched alkanes of at least 4 members (excludes halogenated alkanes) is 1. The molecule has 1 saturated heterocycles. The Labute approximate surface area is 445 Å². The third-order valence-electron chi connectivity index (χ3n) is 15.8. The highest BCUT2D eigenvalue weighted by Gasteiger charge is 2.68. The summed E-state index contributed by atoms with van der Waals surface area (Å²) in [6.45, 7) is 11.1. The summed E-state index contributed by atoms with van der Waals surface area (Å²) in [6.07, 6.45) is 3.19. The lowest BCUT2D eigenvalue weighted by Gasteiger charge is -2.64. The van der Waals surface area contributed by atoms with Gasteiger partial charge in [-0.15, -0.1) is 0 Å². The first-order chi connectivity index (χ1) is 35.9. The molecule has 4 fully saturated rings. The molecule has 400 valence electrons. The molecule has 9 unspecified atom stereocenters. The van der Waals surface area contributed by atoms with Crippen molar-refractivity contribution in [1.29, 1.82) is 0 Å². The Morgan fingerprint density at radius 1 is 0.827 bits per heavy atom. The Hall–Kier alpha value is -6.02. The fourth-order valence-electron chi connectivity index (χ4n) is 11.4. The maximum absolute atomic E-state index is 15.0. The number of halogens is 1. The first-order valence-corrected chi connectivity index (χ1v) is 26.6. The van der Waals surface area contributed by atoms with Crippen LogP contribution in [0.4, 0.5) is 0 Å². The Bertz CT molecular complexity index is 2730. The van der Waals surface area contributed by atoms with Gasteiger partial charge in [-0.25, -0.2) is 0 Å². The molecule has 0 radical (unpaired) electrons. The van der Waals surface area contributed by atoms with Crippen molar-refractivity contribution in [3.8, 4) is 33.8 Å². The van der Waals surface area contributed by atoms with E-state index in [0.29, 0.717) is 75.6 Å². The minimum atomic E-state index is -1.37. The van der Waals surface area contributed by atoms with Gasteiger partial charge in [0.2, 0.25) is 23.6 Å². The van der Waals surface area contributed by atoms with Crippen LogP contribution in [0.1, 0.15) is 94.2 Å². The van der Waals surface area contributed by atoms with Gasteiger partial charge < -0.3 is 62.2 Å². The number of hydrogen-bond donors (Lipinski definition) is 7. The SMILES string of the molecule is CC(NC(=O)C1Cc2ccc(OCCN)c(c2)-c2cc(ccc2OCCN)C(N(C)C(=O)C(CCCCN)NC(=O)c2ccc(-c3ccc(Cl)cc3)cc2)C(=O)NC(C)C(=O)N1)B1OC2CC3CC(C3(C)C)C2(C)O1. The summed E-state index contributed by atoms with van der Waals surface area (Å²) < 4.78 is 25.7. The minimum absolute atomic E-state index is 0.0437. The zero-order valence-corrected chi connectivity index (χ0v) is 44.5. The van der Waals surface area contributed by atoms with Crippen molar-refractivity contribution in [1.82, 2.24) is 26.2 Å². The summed E-state index contributed by atoms with van der Waals surface area (Å²) in [4.78, 5) is 74.0. The second-order valence-corrected chi connectivity index (χ2v) is 21.7. The van der Waals surface area contributed by atoms with E-state index in [1.165, 1.54) is 18.9 Å². The van der Waals surface area contributed by atoms with Gasteiger partial charge in [-0.2, -0.15) is 0 Å². The van der Waals surface area contributed by atoms with Gasteiger partial charge in [-0.1, -0.05) is 61.8 Å². The fraction of sp³-hybridized carbons (Fsp3) is 0.482. The lowest BCUT2D eigenvalue weighted by molar-refractivity contribution is -0.199. The van der Waals surface area contributed by atoms with Crippen LogP contribution in [-0.2, 0) is 34.9 Å². The fourth-order valence-corrected chi connectivity index (χ4v) is 11.5. The lowest BCUT2D eigenvalue weighted by Crippen LogP contribution is -2.65. The van der Waals surface area contributed by atoms with Crippen molar-refractivity contribution in [3.63, 3.8) is 0 Å². The zero-order valence-electron chi connectivity index (χ0n) is 43.8. The Morgan fingerprint density at radius 3 is 2.11 bits per heavy atom. The second kappa shape index (κ2) is 23.5. The third-order valence-corrected chi connectivity index (χ3v) is 16.1. The average Bonchev–Trinajstić information content (AvgIpc) is 3.77. The smallest absolute Gasteiger partial charge is 0.481 e. The van der Waals surface area contributed by atoms with Gasteiger partial charge in [-0.05, 0) is 147 Å². The number of fused-ring (bicyclic) bond motifs is 5. The van der Waals surface area contributed by atoms with E-state index in [0.717, 1.165) is 24.0 Å². The number of nitrogens with zero attached hydrogens (tertiary/aromatic N) is 1. The van der Waals surface area contributed by atoms with Crippen molar-refractivity contribution in [2.24, 2.45) is 34.5 Å². The van der Waals surface area contributed by atoms with Gasteiger partial charge in [0.05, 0.1) is 17.6 Å². The van der Waals surface area contributed by atoms with Crippen LogP contribution in [0.15, 0.2) is 84.9 Å². The van der Waals surface area contributed by atoms with Crippen LogP contribution in [0.5, 0.6) is 11.5 Å². The summed E-state index contributed by atoms with van der Waals surface area (Å²) in [5.41, 5.74) is 21.6. The van der Waals surface area contributed by atoms with Crippen molar-refractivity contribution in [3.05, 3.63) is 107 Å². The van der Waals surface area contributed by atoms with E-state index in [-0.39, 0.29) is 50.7 Å². The summed E-state index contributed by atoms with van der Waals surface area (Å²) >= 11 is 6.11. The van der Waals surface area contributed by atoms with Gasteiger partial charge in [0.1, 0.15) is 48.9 Å². The van der Waals surface area contributed by atoms with Gasteiger partial charge in [0, 0.05) is 48.3 Å². The zero-order chi connectivity index (χ0) is 53.8. The van der Waals surface area contributed by atoms with Crippen LogP contribution in [0.3, 0.4) is 0 Å². The maximum atomic E-state index is 15.0. The van der Waals surface area contributed by atoms with Crippen molar-refractivity contribution in [2.45, 2.75) is 115 Å².